The Hall–Kier alpha value is -9.69. The molecule has 0 fully saturated rings. The molecule has 2 spiro atoms. The van der Waals surface area contributed by atoms with Crippen LogP contribution in [0.25, 0.3) is 111 Å². The molecule has 76 heavy (non-hydrogen) atoms. The Morgan fingerprint density at radius 3 is 0.947 bits per heavy atom. The first-order valence-corrected chi connectivity index (χ1v) is 26.6. The highest BCUT2D eigenvalue weighted by molar-refractivity contribution is 6.22. The Kier molecular flexibility index (Phi) is 8.48. The third-order valence-electron chi connectivity index (χ3n) is 17.8. The minimum atomic E-state index is -0.461. The minimum absolute atomic E-state index is 0.453. The Morgan fingerprint density at radius 2 is 0.539 bits per heavy atom. The fourth-order valence-electron chi connectivity index (χ4n) is 14.9. The van der Waals surface area contributed by atoms with E-state index >= 15 is 0 Å². The molecule has 0 saturated heterocycles. The predicted octanol–water partition coefficient (Wildman–Crippen LogP) is 18.7. The standard InChI is InChI=1S/C75H45N/c1-2-24-61-60(23-1)72(49-36-38-58-56-21-7-13-29-68(56)74(70(58)43-49)64-25-9-3-17-52(64)53-18-4-10-26-65(53)74)62-40-35-48(46-31-33-47(34-32-46)51-16-15-41-76-45-51)42-63(62)73(61)50-37-39-59-57-22-8-14-30-69(57)75(71(59)44-50)66-27-11-5-19-54(66)55-20-6-12-28-67(55)75/h1-45H. The number of nitrogens with zero attached hydrogens (tertiary/aromatic N) is 1. The van der Waals surface area contributed by atoms with E-state index in [0.717, 1.165) is 11.1 Å². The van der Waals surface area contributed by atoms with Crippen LogP contribution in [0.2, 0.25) is 0 Å². The Labute approximate surface area is 441 Å². The van der Waals surface area contributed by atoms with Crippen molar-refractivity contribution in [3.05, 3.63) is 318 Å². The van der Waals surface area contributed by atoms with Gasteiger partial charge in [-0.1, -0.05) is 237 Å². The Bertz CT molecular complexity index is 4510. The topological polar surface area (TPSA) is 12.9 Å². The van der Waals surface area contributed by atoms with E-state index in [-0.39, 0.29) is 0 Å². The van der Waals surface area contributed by atoms with Crippen LogP contribution in [-0.2, 0) is 10.8 Å². The van der Waals surface area contributed by atoms with Gasteiger partial charge in [-0.2, -0.15) is 0 Å². The van der Waals surface area contributed by atoms with Gasteiger partial charge in [0.25, 0.3) is 0 Å². The number of benzene rings is 12. The third kappa shape index (κ3) is 5.31. The van der Waals surface area contributed by atoms with Crippen molar-refractivity contribution in [3.8, 4) is 89.0 Å². The van der Waals surface area contributed by atoms with E-state index in [1.165, 1.54) is 144 Å². The maximum atomic E-state index is 4.42. The van der Waals surface area contributed by atoms with Crippen LogP contribution >= 0.6 is 0 Å². The van der Waals surface area contributed by atoms with E-state index in [0.29, 0.717) is 0 Å². The summed E-state index contributed by atoms with van der Waals surface area (Å²) in [4.78, 5) is 4.42. The zero-order valence-corrected chi connectivity index (χ0v) is 41.4. The van der Waals surface area contributed by atoms with Crippen molar-refractivity contribution in [2.75, 3.05) is 0 Å². The van der Waals surface area contributed by atoms with Crippen LogP contribution in [0.15, 0.2) is 273 Å². The summed E-state index contributed by atoms with van der Waals surface area (Å²) in [7, 11) is 0. The van der Waals surface area contributed by atoms with E-state index in [4.69, 9.17) is 0 Å². The summed E-state index contributed by atoms with van der Waals surface area (Å²) in [5, 5.41) is 4.94. The summed E-state index contributed by atoms with van der Waals surface area (Å²) in [5.41, 5.74) is 29.9. The molecule has 1 heteroatoms. The molecule has 0 radical (unpaired) electrons. The maximum Gasteiger partial charge on any atom is 0.0725 e. The molecule has 12 aromatic carbocycles. The van der Waals surface area contributed by atoms with E-state index in [2.05, 4.69) is 260 Å². The van der Waals surface area contributed by atoms with Crippen molar-refractivity contribution < 1.29 is 0 Å². The molecule has 1 heterocycles. The van der Waals surface area contributed by atoms with Crippen molar-refractivity contribution in [2.45, 2.75) is 10.8 Å². The molecule has 4 aliphatic carbocycles. The number of rotatable bonds is 4. The van der Waals surface area contributed by atoms with Crippen LogP contribution < -0.4 is 0 Å². The summed E-state index contributed by atoms with van der Waals surface area (Å²) in [6, 6.07) is 99.1. The van der Waals surface area contributed by atoms with Gasteiger partial charge in [0.15, 0.2) is 0 Å². The van der Waals surface area contributed by atoms with Crippen molar-refractivity contribution in [3.63, 3.8) is 0 Å². The molecule has 17 rings (SSSR count). The van der Waals surface area contributed by atoms with Gasteiger partial charge in [-0.05, 0) is 179 Å². The molecule has 0 amide bonds. The summed E-state index contributed by atoms with van der Waals surface area (Å²) in [6.07, 6.45) is 3.77. The molecular formula is C75H45N. The molecule has 0 saturated carbocycles. The third-order valence-corrected chi connectivity index (χ3v) is 17.8. The molecule has 0 atom stereocenters. The van der Waals surface area contributed by atoms with Gasteiger partial charge in [0, 0.05) is 12.4 Å². The van der Waals surface area contributed by atoms with E-state index in [1.54, 1.807) is 0 Å². The average molecular weight is 960 g/mol. The summed E-state index contributed by atoms with van der Waals surface area (Å²) < 4.78 is 0. The first-order chi connectivity index (χ1) is 37.7. The molecule has 0 unspecified atom stereocenters. The smallest absolute Gasteiger partial charge is 0.0725 e. The molecule has 4 aliphatic rings. The lowest BCUT2D eigenvalue weighted by Crippen LogP contribution is -2.25. The van der Waals surface area contributed by atoms with Gasteiger partial charge in [-0.25, -0.2) is 0 Å². The Balaban J connectivity index is 0.946. The van der Waals surface area contributed by atoms with Gasteiger partial charge >= 0.3 is 0 Å². The number of hydrogen-bond acceptors (Lipinski definition) is 1. The predicted molar refractivity (Wildman–Crippen MR) is 314 cm³/mol. The number of aromatic nitrogens is 1. The van der Waals surface area contributed by atoms with Gasteiger partial charge < -0.3 is 0 Å². The second kappa shape index (κ2) is 15.4. The minimum Gasteiger partial charge on any atom is -0.264 e. The first kappa shape index (κ1) is 41.7. The maximum absolute atomic E-state index is 4.42. The van der Waals surface area contributed by atoms with Crippen molar-refractivity contribution in [1.82, 2.24) is 4.98 Å². The largest absolute Gasteiger partial charge is 0.264 e. The van der Waals surface area contributed by atoms with Crippen LogP contribution in [0.1, 0.15) is 44.5 Å². The molecule has 0 N–H and O–H groups in total. The monoisotopic (exact) mass is 959 g/mol. The second-order valence-electron chi connectivity index (χ2n) is 21.2. The SMILES string of the molecule is c1cncc(-c2ccc(-c3ccc4c(-c5ccc6c(c5)C5(c7ccccc7-c7ccccc75)c5ccccc5-6)c5ccccc5c(-c5ccc6c(c5)C5(c7ccccc7-c7ccccc75)c5ccccc5-6)c4c3)cc2)c1. The highest BCUT2D eigenvalue weighted by Crippen LogP contribution is 2.65. The molecular weight excluding hydrogens is 915 g/mol. The number of hydrogen-bond donors (Lipinski definition) is 0. The van der Waals surface area contributed by atoms with Crippen LogP contribution in [0.5, 0.6) is 0 Å². The van der Waals surface area contributed by atoms with Crippen LogP contribution in [0, 0.1) is 0 Å². The van der Waals surface area contributed by atoms with Crippen LogP contribution in [0.3, 0.4) is 0 Å². The molecule has 350 valence electrons. The van der Waals surface area contributed by atoms with Gasteiger partial charge in [0.05, 0.1) is 10.8 Å². The van der Waals surface area contributed by atoms with Crippen LogP contribution in [0.4, 0.5) is 0 Å². The summed E-state index contributed by atoms with van der Waals surface area (Å²) in [5.74, 6) is 0. The van der Waals surface area contributed by atoms with Crippen molar-refractivity contribution >= 4 is 21.5 Å². The van der Waals surface area contributed by atoms with Crippen molar-refractivity contribution in [1.29, 1.82) is 0 Å². The fraction of sp³-hybridized carbons (Fsp3) is 0.0267. The second-order valence-corrected chi connectivity index (χ2v) is 21.2. The zero-order valence-electron chi connectivity index (χ0n) is 41.4. The molecule has 0 aliphatic heterocycles. The lowest BCUT2D eigenvalue weighted by atomic mass is 9.70. The van der Waals surface area contributed by atoms with E-state index < -0.39 is 10.8 Å². The van der Waals surface area contributed by atoms with Gasteiger partial charge in [0.1, 0.15) is 0 Å². The normalized spacial score (nSPS) is 14.0. The molecule has 13 aromatic rings. The highest BCUT2D eigenvalue weighted by atomic mass is 14.6. The van der Waals surface area contributed by atoms with E-state index in [1.807, 2.05) is 18.5 Å². The molecule has 1 nitrogen and oxygen atoms in total. The lowest BCUT2D eigenvalue weighted by molar-refractivity contribution is 0.794. The van der Waals surface area contributed by atoms with Crippen LogP contribution in [-0.4, -0.2) is 4.98 Å². The number of pyridine rings is 1. The summed E-state index contributed by atoms with van der Waals surface area (Å²) >= 11 is 0. The lowest BCUT2D eigenvalue weighted by Gasteiger charge is -2.31. The van der Waals surface area contributed by atoms with Gasteiger partial charge in [-0.15, -0.1) is 0 Å². The first-order valence-electron chi connectivity index (χ1n) is 26.6. The zero-order chi connectivity index (χ0) is 49.7. The average Bonchev–Trinajstić information content (AvgIpc) is 4.33. The summed E-state index contributed by atoms with van der Waals surface area (Å²) in [6.45, 7) is 0. The number of fused-ring (bicyclic) bond motifs is 22. The van der Waals surface area contributed by atoms with Gasteiger partial charge in [0.2, 0.25) is 0 Å². The molecule has 0 bridgehead atoms. The van der Waals surface area contributed by atoms with Crippen molar-refractivity contribution in [2.24, 2.45) is 0 Å². The quantitative estimate of drug-likeness (QED) is 0.160. The molecule has 1 aromatic heterocycles. The Morgan fingerprint density at radius 1 is 0.211 bits per heavy atom. The van der Waals surface area contributed by atoms with E-state index in [9.17, 15) is 0 Å². The fourth-order valence-corrected chi connectivity index (χ4v) is 14.9. The van der Waals surface area contributed by atoms with Gasteiger partial charge in [-0.3, -0.25) is 4.98 Å². The highest BCUT2D eigenvalue weighted by Gasteiger charge is 2.53.